The summed E-state index contributed by atoms with van der Waals surface area (Å²) in [5.41, 5.74) is -0.160. The van der Waals surface area contributed by atoms with Crippen molar-refractivity contribution in [2.75, 3.05) is 19.8 Å². The summed E-state index contributed by atoms with van der Waals surface area (Å²) in [4.78, 5) is 13.3. The minimum absolute atomic E-state index is 0.0170. The second-order valence-electron chi connectivity index (χ2n) is 7.97. The average molecular weight is 294 g/mol. The average Bonchev–Trinajstić information content (AvgIpc) is 3.08. The molecule has 1 saturated carbocycles. The molecule has 120 valence electrons. The monoisotopic (exact) mass is 294 g/mol. The molecule has 3 nitrogen and oxygen atoms in total. The lowest BCUT2D eigenvalue weighted by atomic mass is 9.68. The quantitative estimate of drug-likeness (QED) is 0.792. The molecule has 0 N–H and O–H groups in total. The van der Waals surface area contributed by atoms with Crippen molar-refractivity contribution in [1.29, 1.82) is 0 Å². The number of carbonyl (C=O) groups excluding carboxylic acids is 1. The van der Waals surface area contributed by atoms with Gasteiger partial charge >= 0.3 is 0 Å². The molecule has 1 aliphatic carbocycles. The van der Waals surface area contributed by atoms with Gasteiger partial charge in [-0.3, -0.25) is 4.79 Å². The molecular weight excluding hydrogens is 264 g/mol. The minimum atomic E-state index is -0.143. The van der Waals surface area contributed by atoms with Gasteiger partial charge in [0, 0.05) is 31.0 Å². The Bertz CT molecular complexity index is 376. The Labute approximate surface area is 128 Å². The second-order valence-corrected chi connectivity index (χ2v) is 7.97. The maximum absolute atomic E-state index is 13.3. The lowest BCUT2D eigenvalue weighted by Gasteiger charge is -2.40. The van der Waals surface area contributed by atoms with Crippen LogP contribution in [0.2, 0.25) is 0 Å². The Morgan fingerprint density at radius 1 is 1.19 bits per heavy atom. The highest BCUT2D eigenvalue weighted by molar-refractivity contribution is 5.87. The Morgan fingerprint density at radius 3 is 2.57 bits per heavy atom. The van der Waals surface area contributed by atoms with Gasteiger partial charge in [-0.25, -0.2) is 0 Å². The molecule has 2 heterocycles. The maximum Gasteiger partial charge on any atom is 0.142 e. The SMILES string of the molecule is CC(C)CC1(C(=O)C2CCOC3(CCOC3)C2)CCCC1. The van der Waals surface area contributed by atoms with Gasteiger partial charge in [-0.05, 0) is 38.0 Å². The fourth-order valence-electron chi connectivity index (χ4n) is 4.93. The zero-order valence-electron chi connectivity index (χ0n) is 13.7. The molecule has 3 rings (SSSR count). The lowest BCUT2D eigenvalue weighted by molar-refractivity contribution is -0.147. The van der Waals surface area contributed by atoms with Gasteiger partial charge in [-0.1, -0.05) is 26.7 Å². The van der Waals surface area contributed by atoms with Gasteiger partial charge in [-0.15, -0.1) is 0 Å². The van der Waals surface area contributed by atoms with Crippen LogP contribution >= 0.6 is 0 Å². The van der Waals surface area contributed by atoms with Crippen LogP contribution in [0.5, 0.6) is 0 Å². The smallest absolute Gasteiger partial charge is 0.142 e. The molecule has 21 heavy (non-hydrogen) atoms. The largest absolute Gasteiger partial charge is 0.378 e. The van der Waals surface area contributed by atoms with E-state index in [-0.39, 0.29) is 16.9 Å². The molecule has 2 atom stereocenters. The van der Waals surface area contributed by atoms with Crippen LogP contribution in [-0.2, 0) is 14.3 Å². The minimum Gasteiger partial charge on any atom is -0.378 e. The van der Waals surface area contributed by atoms with Crippen LogP contribution in [-0.4, -0.2) is 31.2 Å². The Morgan fingerprint density at radius 2 is 1.95 bits per heavy atom. The van der Waals surface area contributed by atoms with E-state index in [4.69, 9.17) is 9.47 Å². The zero-order valence-corrected chi connectivity index (χ0v) is 13.7. The van der Waals surface area contributed by atoms with Gasteiger partial charge in [0.25, 0.3) is 0 Å². The van der Waals surface area contributed by atoms with Gasteiger partial charge in [0.2, 0.25) is 0 Å². The third kappa shape index (κ3) is 3.05. The number of hydrogen-bond acceptors (Lipinski definition) is 3. The number of Topliss-reactive ketones (excluding diaryl/α,β-unsaturated/α-hetero) is 1. The van der Waals surface area contributed by atoms with Crippen molar-refractivity contribution >= 4 is 5.78 Å². The predicted molar refractivity (Wildman–Crippen MR) is 82.2 cm³/mol. The molecule has 3 fully saturated rings. The van der Waals surface area contributed by atoms with Crippen LogP contribution in [0, 0.1) is 17.3 Å². The van der Waals surface area contributed by atoms with E-state index < -0.39 is 0 Å². The third-order valence-electron chi connectivity index (χ3n) is 5.81. The van der Waals surface area contributed by atoms with Crippen LogP contribution in [0.1, 0.15) is 65.2 Å². The summed E-state index contributed by atoms with van der Waals surface area (Å²) in [5, 5.41) is 0. The van der Waals surface area contributed by atoms with Gasteiger partial charge in [-0.2, -0.15) is 0 Å². The molecule has 1 spiro atoms. The van der Waals surface area contributed by atoms with Crippen molar-refractivity contribution in [3.8, 4) is 0 Å². The molecule has 0 aromatic carbocycles. The molecule has 0 amide bonds. The summed E-state index contributed by atoms with van der Waals surface area (Å²) < 4.78 is 11.6. The summed E-state index contributed by atoms with van der Waals surface area (Å²) >= 11 is 0. The highest BCUT2D eigenvalue weighted by atomic mass is 16.6. The maximum atomic E-state index is 13.3. The van der Waals surface area contributed by atoms with Crippen molar-refractivity contribution in [2.24, 2.45) is 17.3 Å². The highest BCUT2D eigenvalue weighted by Gasteiger charge is 2.49. The highest BCUT2D eigenvalue weighted by Crippen LogP contribution is 2.48. The van der Waals surface area contributed by atoms with Crippen LogP contribution in [0.4, 0.5) is 0 Å². The van der Waals surface area contributed by atoms with Gasteiger partial charge in [0.15, 0.2) is 0 Å². The first kappa shape index (κ1) is 15.5. The van der Waals surface area contributed by atoms with E-state index in [9.17, 15) is 4.79 Å². The molecule has 2 unspecified atom stereocenters. The molecule has 3 heteroatoms. The van der Waals surface area contributed by atoms with Crippen LogP contribution in [0.3, 0.4) is 0 Å². The van der Waals surface area contributed by atoms with Crippen molar-refractivity contribution in [2.45, 2.75) is 70.8 Å². The van der Waals surface area contributed by atoms with Crippen molar-refractivity contribution in [3.05, 3.63) is 0 Å². The fourth-order valence-corrected chi connectivity index (χ4v) is 4.93. The van der Waals surface area contributed by atoms with Crippen LogP contribution in [0.25, 0.3) is 0 Å². The van der Waals surface area contributed by atoms with Crippen molar-refractivity contribution < 1.29 is 14.3 Å². The number of hydrogen-bond donors (Lipinski definition) is 0. The standard InChI is InChI=1S/C18H30O3/c1-14(2)11-17(6-3-4-7-17)16(19)15-5-9-21-18(12-15)8-10-20-13-18/h14-15H,3-13H2,1-2H3. The van der Waals surface area contributed by atoms with Gasteiger partial charge in [0.1, 0.15) is 5.78 Å². The molecule has 0 aromatic heterocycles. The van der Waals surface area contributed by atoms with Crippen LogP contribution in [0.15, 0.2) is 0 Å². The Balaban J connectivity index is 1.73. The van der Waals surface area contributed by atoms with E-state index in [0.29, 0.717) is 18.3 Å². The predicted octanol–water partition coefficient (Wildman–Crippen LogP) is 3.75. The van der Waals surface area contributed by atoms with E-state index >= 15 is 0 Å². The normalized spacial score (nSPS) is 35.7. The Hall–Kier alpha value is -0.410. The van der Waals surface area contributed by atoms with Crippen molar-refractivity contribution in [3.63, 3.8) is 0 Å². The van der Waals surface area contributed by atoms with E-state index in [1.54, 1.807) is 0 Å². The summed E-state index contributed by atoms with van der Waals surface area (Å²) in [6.45, 7) is 6.72. The molecule has 0 radical (unpaired) electrons. The molecule has 0 aromatic rings. The summed E-state index contributed by atoms with van der Waals surface area (Å²) in [6, 6.07) is 0. The fraction of sp³-hybridized carbons (Fsp3) is 0.944. The summed E-state index contributed by atoms with van der Waals surface area (Å²) in [5.74, 6) is 1.37. The van der Waals surface area contributed by atoms with Crippen LogP contribution < -0.4 is 0 Å². The second kappa shape index (κ2) is 6.00. The first-order valence-corrected chi connectivity index (χ1v) is 8.81. The van der Waals surface area contributed by atoms with Crippen molar-refractivity contribution in [1.82, 2.24) is 0 Å². The van der Waals surface area contributed by atoms with Gasteiger partial charge < -0.3 is 9.47 Å². The number of ketones is 1. The first-order valence-electron chi connectivity index (χ1n) is 8.81. The summed E-state index contributed by atoms with van der Waals surface area (Å²) in [6.07, 6.45) is 8.55. The van der Waals surface area contributed by atoms with E-state index in [0.717, 1.165) is 51.7 Å². The van der Waals surface area contributed by atoms with E-state index in [1.807, 2.05) is 0 Å². The molecule has 0 bridgehead atoms. The lowest BCUT2D eigenvalue weighted by Crippen LogP contribution is -2.46. The number of ether oxygens (including phenoxy) is 2. The third-order valence-corrected chi connectivity index (χ3v) is 5.81. The molecule has 2 saturated heterocycles. The number of carbonyl (C=O) groups is 1. The molecule has 3 aliphatic rings. The topological polar surface area (TPSA) is 35.5 Å². The Kier molecular flexibility index (Phi) is 4.42. The number of rotatable bonds is 4. The first-order chi connectivity index (χ1) is 10.1. The van der Waals surface area contributed by atoms with Gasteiger partial charge in [0.05, 0.1) is 12.2 Å². The molecular formula is C18H30O3. The van der Waals surface area contributed by atoms with E-state index in [1.165, 1.54) is 12.8 Å². The summed E-state index contributed by atoms with van der Waals surface area (Å²) in [7, 11) is 0. The molecule has 2 aliphatic heterocycles. The zero-order chi connectivity index (χ0) is 14.9. The van der Waals surface area contributed by atoms with E-state index in [2.05, 4.69) is 13.8 Å².